The van der Waals surface area contributed by atoms with Crippen LogP contribution in [0.1, 0.15) is 31.2 Å². The summed E-state index contributed by atoms with van der Waals surface area (Å²) in [6.45, 7) is 2.93. The van der Waals surface area contributed by atoms with Crippen molar-refractivity contribution in [3.63, 3.8) is 0 Å². The van der Waals surface area contributed by atoms with Crippen LogP contribution in [0.25, 0.3) is 0 Å². The van der Waals surface area contributed by atoms with Gasteiger partial charge in [-0.3, -0.25) is 9.48 Å². The third kappa shape index (κ3) is 2.26. The van der Waals surface area contributed by atoms with Crippen LogP contribution in [0, 0.1) is 5.92 Å². The van der Waals surface area contributed by atoms with Crippen molar-refractivity contribution in [1.82, 2.24) is 15.1 Å². The number of carbonyl (C=O) groups excluding carboxylic acids is 1. The Hall–Kier alpha value is -1.32. The Morgan fingerprint density at radius 1 is 1.62 bits per heavy atom. The summed E-state index contributed by atoms with van der Waals surface area (Å²) >= 11 is 0. The first kappa shape index (κ1) is 11.2. The number of hydrogen-bond acceptors (Lipinski definition) is 2. The molecule has 1 atom stereocenters. The zero-order valence-corrected chi connectivity index (χ0v) is 9.99. The largest absolute Gasteiger partial charge is 0.356 e. The molecule has 0 aromatic carbocycles. The second-order valence-corrected chi connectivity index (χ2v) is 4.44. The van der Waals surface area contributed by atoms with Crippen LogP contribution in [0.15, 0.2) is 6.07 Å². The minimum Gasteiger partial charge on any atom is -0.356 e. The third-order valence-corrected chi connectivity index (χ3v) is 3.24. The van der Waals surface area contributed by atoms with Gasteiger partial charge in [-0.05, 0) is 25.3 Å². The molecule has 88 valence electrons. The van der Waals surface area contributed by atoms with Crippen LogP contribution in [0.5, 0.6) is 0 Å². The van der Waals surface area contributed by atoms with E-state index in [-0.39, 0.29) is 11.8 Å². The number of hydrogen-bond donors (Lipinski definition) is 1. The van der Waals surface area contributed by atoms with Crippen LogP contribution < -0.4 is 5.32 Å². The van der Waals surface area contributed by atoms with Crippen LogP contribution >= 0.6 is 0 Å². The van der Waals surface area contributed by atoms with Crippen molar-refractivity contribution in [2.75, 3.05) is 6.54 Å². The van der Waals surface area contributed by atoms with Gasteiger partial charge in [0, 0.05) is 31.6 Å². The quantitative estimate of drug-likeness (QED) is 0.829. The summed E-state index contributed by atoms with van der Waals surface area (Å²) in [7, 11) is 1.95. The molecule has 1 saturated heterocycles. The van der Waals surface area contributed by atoms with Crippen molar-refractivity contribution in [1.29, 1.82) is 0 Å². The van der Waals surface area contributed by atoms with E-state index in [1.165, 1.54) is 5.69 Å². The van der Waals surface area contributed by atoms with Crippen molar-refractivity contribution >= 4 is 5.91 Å². The predicted molar refractivity (Wildman–Crippen MR) is 62.0 cm³/mol. The fraction of sp³-hybridized carbons (Fsp3) is 0.667. The molecule has 1 N–H and O–H groups in total. The fourth-order valence-electron chi connectivity index (χ4n) is 2.22. The van der Waals surface area contributed by atoms with Crippen LogP contribution in [0.2, 0.25) is 0 Å². The molecule has 4 nitrogen and oxygen atoms in total. The summed E-state index contributed by atoms with van der Waals surface area (Å²) in [5.41, 5.74) is 2.27. The van der Waals surface area contributed by atoms with Gasteiger partial charge in [0.15, 0.2) is 0 Å². The lowest BCUT2D eigenvalue weighted by Crippen LogP contribution is -2.37. The highest BCUT2D eigenvalue weighted by Gasteiger charge is 2.23. The highest BCUT2D eigenvalue weighted by Crippen LogP contribution is 2.17. The predicted octanol–water partition coefficient (Wildman–Crippen LogP) is 1.05. The molecule has 16 heavy (non-hydrogen) atoms. The smallest absolute Gasteiger partial charge is 0.223 e. The molecule has 0 radical (unpaired) electrons. The third-order valence-electron chi connectivity index (χ3n) is 3.24. The summed E-state index contributed by atoms with van der Waals surface area (Å²) < 4.78 is 1.90. The SMILES string of the molecule is CCc1cc(CC2CCCNC2=O)n(C)n1. The Morgan fingerprint density at radius 3 is 3.06 bits per heavy atom. The summed E-state index contributed by atoms with van der Waals surface area (Å²) in [4.78, 5) is 11.6. The highest BCUT2D eigenvalue weighted by atomic mass is 16.1. The molecule has 0 aliphatic carbocycles. The zero-order valence-electron chi connectivity index (χ0n) is 9.99. The first-order chi connectivity index (χ1) is 7.70. The Kier molecular flexibility index (Phi) is 3.27. The van der Waals surface area contributed by atoms with E-state index in [9.17, 15) is 4.79 Å². The van der Waals surface area contributed by atoms with Gasteiger partial charge in [0.2, 0.25) is 5.91 Å². The van der Waals surface area contributed by atoms with E-state index in [4.69, 9.17) is 0 Å². The highest BCUT2D eigenvalue weighted by molar-refractivity contribution is 5.79. The second-order valence-electron chi connectivity index (χ2n) is 4.44. The molecule has 1 unspecified atom stereocenters. The van der Waals surface area contributed by atoms with Gasteiger partial charge in [0.05, 0.1) is 5.69 Å². The van der Waals surface area contributed by atoms with Crippen LogP contribution in [-0.4, -0.2) is 22.2 Å². The maximum absolute atomic E-state index is 11.6. The van der Waals surface area contributed by atoms with Gasteiger partial charge in [-0.15, -0.1) is 0 Å². The van der Waals surface area contributed by atoms with Crippen LogP contribution in [-0.2, 0) is 24.7 Å². The van der Waals surface area contributed by atoms with E-state index in [0.29, 0.717) is 0 Å². The number of aryl methyl sites for hydroxylation is 2. The molecule has 0 spiro atoms. The van der Waals surface area contributed by atoms with Gasteiger partial charge in [0.1, 0.15) is 0 Å². The molecule has 1 amide bonds. The van der Waals surface area contributed by atoms with Crippen LogP contribution in [0.4, 0.5) is 0 Å². The van der Waals surface area contributed by atoms with E-state index >= 15 is 0 Å². The number of aromatic nitrogens is 2. The maximum Gasteiger partial charge on any atom is 0.223 e. The molecule has 1 fully saturated rings. The molecular weight excluding hydrogens is 202 g/mol. The lowest BCUT2D eigenvalue weighted by molar-refractivity contribution is -0.126. The molecule has 0 bridgehead atoms. The van der Waals surface area contributed by atoms with Gasteiger partial charge in [0.25, 0.3) is 0 Å². The summed E-state index contributed by atoms with van der Waals surface area (Å²) in [6, 6.07) is 2.11. The standard InChI is InChI=1S/C12H19N3O/c1-3-10-8-11(15(2)14-10)7-9-5-4-6-13-12(9)16/h8-9H,3-7H2,1-2H3,(H,13,16). The molecule has 4 heteroatoms. The average molecular weight is 221 g/mol. The van der Waals surface area contributed by atoms with Crippen LogP contribution in [0.3, 0.4) is 0 Å². The second kappa shape index (κ2) is 4.68. The first-order valence-corrected chi connectivity index (χ1v) is 6.00. The summed E-state index contributed by atoms with van der Waals surface area (Å²) in [5.74, 6) is 0.333. The normalized spacial score (nSPS) is 20.9. The molecular formula is C12H19N3O. The van der Waals surface area contributed by atoms with Gasteiger partial charge < -0.3 is 5.32 Å². The van der Waals surface area contributed by atoms with Gasteiger partial charge in [-0.25, -0.2) is 0 Å². The summed E-state index contributed by atoms with van der Waals surface area (Å²) in [5, 5.41) is 7.33. The van der Waals surface area contributed by atoms with E-state index in [0.717, 1.165) is 37.9 Å². The Balaban J connectivity index is 2.07. The van der Waals surface area contributed by atoms with Crippen molar-refractivity contribution in [2.45, 2.75) is 32.6 Å². The number of piperidine rings is 1. The lowest BCUT2D eigenvalue weighted by atomic mass is 9.93. The molecule has 0 saturated carbocycles. The molecule has 1 aliphatic rings. The minimum absolute atomic E-state index is 0.133. The first-order valence-electron chi connectivity index (χ1n) is 6.00. The fourth-order valence-corrected chi connectivity index (χ4v) is 2.22. The van der Waals surface area contributed by atoms with Gasteiger partial charge in [-0.2, -0.15) is 5.10 Å². The minimum atomic E-state index is 0.133. The Morgan fingerprint density at radius 2 is 2.44 bits per heavy atom. The number of nitrogens with one attached hydrogen (secondary N) is 1. The number of carbonyl (C=O) groups is 1. The van der Waals surface area contributed by atoms with Crippen molar-refractivity contribution in [3.8, 4) is 0 Å². The number of amides is 1. The number of rotatable bonds is 3. The van der Waals surface area contributed by atoms with E-state index < -0.39 is 0 Å². The van der Waals surface area contributed by atoms with Crippen molar-refractivity contribution < 1.29 is 4.79 Å². The van der Waals surface area contributed by atoms with E-state index in [1.54, 1.807) is 0 Å². The Bertz CT molecular complexity index is 384. The maximum atomic E-state index is 11.6. The Labute approximate surface area is 96.0 Å². The molecule has 2 rings (SSSR count). The number of nitrogens with zero attached hydrogens (tertiary/aromatic N) is 2. The molecule has 1 aliphatic heterocycles. The van der Waals surface area contributed by atoms with Gasteiger partial charge in [-0.1, -0.05) is 6.92 Å². The molecule has 1 aromatic heterocycles. The topological polar surface area (TPSA) is 46.9 Å². The lowest BCUT2D eigenvalue weighted by Gasteiger charge is -2.21. The summed E-state index contributed by atoms with van der Waals surface area (Å²) in [6.07, 6.45) is 3.85. The van der Waals surface area contributed by atoms with E-state index in [2.05, 4.69) is 23.4 Å². The zero-order chi connectivity index (χ0) is 11.5. The van der Waals surface area contributed by atoms with Gasteiger partial charge >= 0.3 is 0 Å². The molecule has 2 heterocycles. The monoisotopic (exact) mass is 221 g/mol. The van der Waals surface area contributed by atoms with Crippen molar-refractivity contribution in [2.24, 2.45) is 13.0 Å². The van der Waals surface area contributed by atoms with Crippen molar-refractivity contribution in [3.05, 3.63) is 17.5 Å². The van der Waals surface area contributed by atoms with E-state index in [1.807, 2.05) is 11.7 Å². The average Bonchev–Trinajstić information content (AvgIpc) is 2.63. The molecule has 1 aromatic rings.